The summed E-state index contributed by atoms with van der Waals surface area (Å²) in [6.45, 7) is 7.93. The Hall–Kier alpha value is -2.59. The smallest absolute Gasteiger partial charge is 0.198 e. The van der Waals surface area contributed by atoms with Crippen molar-refractivity contribution >= 4 is 10.9 Å². The molecule has 4 heteroatoms. The number of quaternary nitrogens is 1. The number of pyridine rings is 1. The maximum Gasteiger partial charge on any atom is 0.198 e. The lowest BCUT2D eigenvalue weighted by atomic mass is 9.99. The van der Waals surface area contributed by atoms with Crippen LogP contribution in [0.4, 0.5) is 0 Å². The lowest BCUT2D eigenvalue weighted by Gasteiger charge is -2.28. The fourth-order valence-corrected chi connectivity index (χ4v) is 4.28. The van der Waals surface area contributed by atoms with Crippen molar-refractivity contribution in [3.63, 3.8) is 0 Å². The van der Waals surface area contributed by atoms with Crippen LogP contribution in [0, 0.1) is 12.8 Å². The molecular formula is C24H29N2O2+. The molecular weight excluding hydrogens is 348 g/mol. The monoisotopic (exact) mass is 377 g/mol. The molecule has 4 nitrogen and oxygen atoms in total. The highest BCUT2D eigenvalue weighted by Gasteiger charge is 2.22. The van der Waals surface area contributed by atoms with Crippen molar-refractivity contribution in [3.05, 3.63) is 75.6 Å². The number of fused-ring (bicyclic) bond motifs is 1. The van der Waals surface area contributed by atoms with E-state index in [9.17, 15) is 4.79 Å². The minimum atomic E-state index is 0.141. The zero-order valence-corrected chi connectivity index (χ0v) is 16.8. The van der Waals surface area contributed by atoms with Gasteiger partial charge >= 0.3 is 0 Å². The Morgan fingerprint density at radius 1 is 1.18 bits per heavy atom. The fourth-order valence-electron chi connectivity index (χ4n) is 4.28. The molecule has 0 saturated carbocycles. The molecule has 0 spiro atoms. The molecule has 1 aromatic heterocycles. The quantitative estimate of drug-likeness (QED) is 0.717. The third-order valence-corrected chi connectivity index (χ3v) is 5.82. The normalized spacial score (nSPS) is 19.6. The number of aryl methyl sites for hydroxylation is 1. The average Bonchev–Trinajstić information content (AvgIpc) is 2.71. The van der Waals surface area contributed by atoms with Gasteiger partial charge in [0, 0.05) is 22.5 Å². The van der Waals surface area contributed by atoms with E-state index in [-0.39, 0.29) is 5.43 Å². The molecule has 1 aliphatic heterocycles. The lowest BCUT2D eigenvalue weighted by molar-refractivity contribution is -0.922. The van der Waals surface area contributed by atoms with Crippen LogP contribution in [-0.2, 0) is 13.2 Å². The summed E-state index contributed by atoms with van der Waals surface area (Å²) in [7, 11) is 0. The van der Waals surface area contributed by atoms with E-state index in [0.29, 0.717) is 6.61 Å². The van der Waals surface area contributed by atoms with Crippen molar-refractivity contribution in [2.75, 3.05) is 13.1 Å². The maximum atomic E-state index is 13.2. The van der Waals surface area contributed by atoms with Crippen molar-refractivity contribution in [1.29, 1.82) is 0 Å². The van der Waals surface area contributed by atoms with Gasteiger partial charge in [-0.15, -0.1) is 0 Å². The van der Waals surface area contributed by atoms with Gasteiger partial charge in [0.15, 0.2) is 5.43 Å². The Balaban J connectivity index is 1.59. The molecule has 2 aromatic carbocycles. The van der Waals surface area contributed by atoms with Gasteiger partial charge in [-0.1, -0.05) is 37.3 Å². The average molecular weight is 378 g/mol. The number of benzene rings is 2. The highest BCUT2D eigenvalue weighted by atomic mass is 16.5. The third-order valence-electron chi connectivity index (χ3n) is 5.82. The van der Waals surface area contributed by atoms with Crippen LogP contribution in [0.3, 0.4) is 0 Å². The van der Waals surface area contributed by atoms with Gasteiger partial charge in [0.2, 0.25) is 0 Å². The molecule has 2 atom stereocenters. The van der Waals surface area contributed by atoms with Gasteiger partial charge in [0.25, 0.3) is 0 Å². The maximum absolute atomic E-state index is 13.2. The molecule has 28 heavy (non-hydrogen) atoms. The zero-order chi connectivity index (χ0) is 19.5. The van der Waals surface area contributed by atoms with Crippen LogP contribution in [0.15, 0.2) is 53.3 Å². The molecule has 0 radical (unpaired) electrons. The van der Waals surface area contributed by atoms with Gasteiger partial charge < -0.3 is 14.6 Å². The molecule has 2 N–H and O–H groups in total. The molecule has 0 bridgehead atoms. The van der Waals surface area contributed by atoms with Crippen LogP contribution in [0.25, 0.3) is 10.9 Å². The first-order valence-electron chi connectivity index (χ1n) is 10.3. The van der Waals surface area contributed by atoms with E-state index in [1.54, 1.807) is 0 Å². The minimum Gasteiger partial charge on any atom is -0.489 e. The lowest BCUT2D eigenvalue weighted by Crippen LogP contribution is -3.12. The molecule has 0 amide bonds. The number of H-pyrrole nitrogens is 1. The molecule has 0 aliphatic carbocycles. The summed E-state index contributed by atoms with van der Waals surface area (Å²) in [5, 5.41) is 0.718. The van der Waals surface area contributed by atoms with E-state index in [2.05, 4.69) is 11.9 Å². The van der Waals surface area contributed by atoms with E-state index < -0.39 is 0 Å². The van der Waals surface area contributed by atoms with Gasteiger partial charge in [-0.3, -0.25) is 4.79 Å². The third kappa shape index (κ3) is 4.12. The van der Waals surface area contributed by atoms with Gasteiger partial charge in [0.1, 0.15) is 18.9 Å². The summed E-state index contributed by atoms with van der Waals surface area (Å²) in [6.07, 6.45) is 2.55. The number of nitrogens with one attached hydrogen (secondary N) is 2. The molecule has 2 heterocycles. The fraction of sp³-hybridized carbons (Fsp3) is 0.375. The number of aromatic amines is 1. The van der Waals surface area contributed by atoms with Gasteiger partial charge in [-0.25, -0.2) is 0 Å². The van der Waals surface area contributed by atoms with E-state index in [0.717, 1.165) is 59.0 Å². The Morgan fingerprint density at radius 2 is 2.00 bits per heavy atom. The number of ether oxygens (including phenoxy) is 1. The number of rotatable bonds is 5. The summed E-state index contributed by atoms with van der Waals surface area (Å²) in [5.74, 6) is 1.47. The zero-order valence-electron chi connectivity index (χ0n) is 16.8. The first kappa shape index (κ1) is 18.8. The predicted octanol–water partition coefficient (Wildman–Crippen LogP) is 3.23. The predicted molar refractivity (Wildman–Crippen MR) is 113 cm³/mol. The second-order valence-corrected chi connectivity index (χ2v) is 8.17. The Morgan fingerprint density at radius 3 is 2.79 bits per heavy atom. The number of likely N-dealkylation sites (tertiary alicyclic amines) is 1. The molecule has 1 saturated heterocycles. The molecule has 1 fully saturated rings. The van der Waals surface area contributed by atoms with Crippen LogP contribution < -0.4 is 15.1 Å². The van der Waals surface area contributed by atoms with Gasteiger partial charge in [0.05, 0.1) is 18.7 Å². The van der Waals surface area contributed by atoms with Crippen molar-refractivity contribution in [2.24, 2.45) is 5.92 Å². The van der Waals surface area contributed by atoms with E-state index in [1.807, 2.05) is 55.5 Å². The van der Waals surface area contributed by atoms with Crippen molar-refractivity contribution < 1.29 is 9.64 Å². The SMILES string of the molecule is Cc1[nH]c2ccc(OCc3ccccc3)cc2c(=O)c1C[NH+]1CCC[C@@H](C)C1. The summed E-state index contributed by atoms with van der Waals surface area (Å²) in [5.41, 5.74) is 4.03. The second-order valence-electron chi connectivity index (χ2n) is 8.17. The van der Waals surface area contributed by atoms with Gasteiger partial charge in [-0.2, -0.15) is 0 Å². The summed E-state index contributed by atoms with van der Waals surface area (Å²) >= 11 is 0. The standard InChI is InChI=1S/C24H28N2O2/c1-17-7-6-12-26(14-17)15-22-18(2)25-23-11-10-20(13-21(23)24(22)27)28-16-19-8-4-3-5-9-19/h3-5,8-11,13,17H,6-7,12,14-16H2,1-2H3,(H,25,27)/p+1/t17-/m1/s1. The highest BCUT2D eigenvalue weighted by molar-refractivity contribution is 5.81. The van der Waals surface area contributed by atoms with Crippen molar-refractivity contribution in [3.8, 4) is 5.75 Å². The van der Waals surface area contributed by atoms with Crippen LogP contribution in [-0.4, -0.2) is 18.1 Å². The first-order chi connectivity index (χ1) is 13.6. The minimum absolute atomic E-state index is 0.141. The largest absolute Gasteiger partial charge is 0.489 e. The van der Waals surface area contributed by atoms with Crippen LogP contribution >= 0.6 is 0 Å². The molecule has 3 aromatic rings. The number of aromatic nitrogens is 1. The van der Waals surface area contributed by atoms with Crippen LogP contribution in [0.2, 0.25) is 0 Å². The number of hydrogen-bond acceptors (Lipinski definition) is 2. The van der Waals surface area contributed by atoms with E-state index in [1.165, 1.54) is 17.7 Å². The first-order valence-corrected chi connectivity index (χ1v) is 10.3. The summed E-state index contributed by atoms with van der Waals surface area (Å²) in [6, 6.07) is 15.8. The van der Waals surface area contributed by atoms with Crippen LogP contribution in [0.1, 0.15) is 36.6 Å². The Labute approximate surface area is 166 Å². The highest BCUT2D eigenvalue weighted by Crippen LogP contribution is 2.20. The second kappa shape index (κ2) is 8.19. The molecule has 1 unspecified atom stereocenters. The summed E-state index contributed by atoms with van der Waals surface area (Å²) in [4.78, 5) is 18.2. The number of hydrogen-bond donors (Lipinski definition) is 2. The summed E-state index contributed by atoms with van der Waals surface area (Å²) < 4.78 is 5.93. The van der Waals surface area contributed by atoms with E-state index >= 15 is 0 Å². The molecule has 1 aliphatic rings. The van der Waals surface area contributed by atoms with E-state index in [4.69, 9.17) is 4.74 Å². The van der Waals surface area contributed by atoms with Crippen LogP contribution in [0.5, 0.6) is 5.75 Å². The Kier molecular flexibility index (Phi) is 5.49. The Bertz CT molecular complexity index is 1010. The number of piperidine rings is 1. The molecule has 146 valence electrons. The van der Waals surface area contributed by atoms with Crippen molar-refractivity contribution in [2.45, 2.75) is 39.8 Å². The topological polar surface area (TPSA) is 46.5 Å². The van der Waals surface area contributed by atoms with Crippen molar-refractivity contribution in [1.82, 2.24) is 4.98 Å². The molecule has 4 rings (SSSR count). The van der Waals surface area contributed by atoms with Gasteiger partial charge in [-0.05, 0) is 43.5 Å².